The second-order valence-electron chi connectivity index (χ2n) is 7.00. The monoisotopic (exact) mass is 454 g/mol. The second kappa shape index (κ2) is 10.7. The lowest BCUT2D eigenvalue weighted by atomic mass is 10.1. The Morgan fingerprint density at radius 3 is 2.22 bits per heavy atom. The molecule has 1 aliphatic rings. The molecule has 3 rings (SSSR count). The fourth-order valence-corrected chi connectivity index (χ4v) is 4.45. The molecule has 32 heavy (non-hydrogen) atoms. The molecule has 2 aromatic carbocycles. The molecule has 1 heterocycles. The molecule has 1 aliphatic heterocycles. The summed E-state index contributed by atoms with van der Waals surface area (Å²) in [5.41, 5.74) is 2.63. The lowest BCUT2D eigenvalue weighted by molar-refractivity contribution is -0.140. The highest BCUT2D eigenvalue weighted by molar-refractivity contribution is 7.99. The topological polar surface area (TPSA) is 106 Å². The molecule has 0 aliphatic carbocycles. The minimum absolute atomic E-state index is 0.0651. The van der Waals surface area contributed by atoms with Gasteiger partial charge in [-0.1, -0.05) is 18.2 Å². The maximum absolute atomic E-state index is 12.4. The number of cyclic esters (lactones) is 1. The molecule has 0 aromatic heterocycles. The first-order valence-corrected chi connectivity index (χ1v) is 10.8. The van der Waals surface area contributed by atoms with Crippen LogP contribution in [0.25, 0.3) is 0 Å². The fraction of sp³-hybridized carbons (Fsp3) is 0.304. The first-order valence-electron chi connectivity index (χ1n) is 9.80. The highest BCUT2D eigenvalue weighted by atomic mass is 32.2. The van der Waals surface area contributed by atoms with Gasteiger partial charge in [-0.15, -0.1) is 11.8 Å². The highest BCUT2D eigenvalue weighted by Crippen LogP contribution is 2.31. The van der Waals surface area contributed by atoms with E-state index in [-0.39, 0.29) is 30.9 Å². The van der Waals surface area contributed by atoms with E-state index >= 15 is 0 Å². The van der Waals surface area contributed by atoms with Crippen molar-refractivity contribution in [2.75, 3.05) is 31.4 Å². The van der Waals surface area contributed by atoms with E-state index < -0.39 is 6.09 Å². The number of rotatable bonds is 8. The summed E-state index contributed by atoms with van der Waals surface area (Å²) in [4.78, 5) is 38.4. The zero-order valence-corrected chi connectivity index (χ0v) is 18.5. The van der Waals surface area contributed by atoms with Crippen molar-refractivity contribution in [3.05, 3.63) is 59.2 Å². The predicted octanol–water partition coefficient (Wildman–Crippen LogP) is 3.11. The molecule has 2 aromatic rings. The van der Waals surface area contributed by atoms with Gasteiger partial charge in [-0.3, -0.25) is 14.5 Å². The third-order valence-corrected chi connectivity index (χ3v) is 6.25. The summed E-state index contributed by atoms with van der Waals surface area (Å²) in [6.45, 7) is 0.350. The Morgan fingerprint density at radius 1 is 1.09 bits per heavy atom. The largest absolute Gasteiger partial charge is 0.469 e. The Kier molecular flexibility index (Phi) is 7.73. The molecule has 1 fully saturated rings. The molecule has 0 saturated carbocycles. The van der Waals surface area contributed by atoms with Gasteiger partial charge in [0.1, 0.15) is 6.10 Å². The Balaban J connectivity index is 1.74. The van der Waals surface area contributed by atoms with Crippen LogP contribution in [0.4, 0.5) is 10.5 Å². The molecular weight excluding hydrogens is 432 g/mol. The van der Waals surface area contributed by atoms with Crippen LogP contribution in [0.5, 0.6) is 0 Å². The number of esters is 2. The van der Waals surface area contributed by atoms with E-state index in [9.17, 15) is 14.4 Å². The van der Waals surface area contributed by atoms with Crippen molar-refractivity contribution >= 4 is 35.5 Å². The second-order valence-corrected chi connectivity index (χ2v) is 8.03. The van der Waals surface area contributed by atoms with Gasteiger partial charge in [-0.25, -0.2) is 4.79 Å². The van der Waals surface area contributed by atoms with E-state index in [4.69, 9.17) is 19.5 Å². The Hall–Kier alpha value is -3.51. The standard InChI is InChI=1S/C23H22N2O6S/c1-29-20(26)10-16-4-3-5-17(11-21(27)30-2)22(16)32-14-19-13-25(23(28)31-19)18-8-6-15(12-24)7-9-18/h3-9,19H,10-11,13-14H2,1-2H3. The summed E-state index contributed by atoms with van der Waals surface area (Å²) in [6, 6.07) is 14.1. The number of carbonyl (C=O) groups is 3. The van der Waals surface area contributed by atoms with Crippen LogP contribution in [-0.4, -0.2) is 50.7 Å². The molecule has 0 radical (unpaired) electrons. The smallest absolute Gasteiger partial charge is 0.414 e. The van der Waals surface area contributed by atoms with Gasteiger partial charge in [0.25, 0.3) is 0 Å². The molecule has 8 nitrogen and oxygen atoms in total. The summed E-state index contributed by atoms with van der Waals surface area (Å²) < 4.78 is 15.1. The predicted molar refractivity (Wildman–Crippen MR) is 117 cm³/mol. The van der Waals surface area contributed by atoms with Crippen LogP contribution in [-0.2, 0) is 36.6 Å². The number of carbonyl (C=O) groups excluding carboxylic acids is 3. The highest BCUT2D eigenvalue weighted by Gasteiger charge is 2.32. The van der Waals surface area contributed by atoms with Crippen LogP contribution in [0.3, 0.4) is 0 Å². The van der Waals surface area contributed by atoms with Crippen molar-refractivity contribution in [3.8, 4) is 6.07 Å². The summed E-state index contributed by atoms with van der Waals surface area (Å²) in [6.07, 6.45) is -0.719. The molecule has 0 bridgehead atoms. The average Bonchev–Trinajstić information content (AvgIpc) is 3.18. The van der Waals surface area contributed by atoms with Crippen molar-refractivity contribution in [3.63, 3.8) is 0 Å². The molecule has 0 N–H and O–H groups in total. The molecule has 1 saturated heterocycles. The van der Waals surface area contributed by atoms with Crippen molar-refractivity contribution < 1.29 is 28.6 Å². The zero-order chi connectivity index (χ0) is 23.1. The van der Waals surface area contributed by atoms with Crippen LogP contribution >= 0.6 is 11.8 Å². The van der Waals surface area contributed by atoms with Crippen LogP contribution in [0.1, 0.15) is 16.7 Å². The van der Waals surface area contributed by atoms with Crippen LogP contribution in [0.15, 0.2) is 47.4 Å². The molecule has 9 heteroatoms. The SMILES string of the molecule is COC(=O)Cc1cccc(CC(=O)OC)c1SCC1CN(c2ccc(C#N)cc2)C(=O)O1. The molecule has 0 spiro atoms. The summed E-state index contributed by atoms with van der Waals surface area (Å²) in [5, 5.41) is 8.94. The number of ether oxygens (including phenoxy) is 3. The maximum Gasteiger partial charge on any atom is 0.414 e. The van der Waals surface area contributed by atoms with Gasteiger partial charge in [0.05, 0.1) is 45.2 Å². The summed E-state index contributed by atoms with van der Waals surface area (Å²) in [5.74, 6) is -0.340. The lowest BCUT2D eigenvalue weighted by Gasteiger charge is -2.15. The number of amides is 1. The molecule has 1 amide bonds. The van der Waals surface area contributed by atoms with Gasteiger partial charge in [0.2, 0.25) is 0 Å². The third kappa shape index (κ3) is 5.59. The van der Waals surface area contributed by atoms with Gasteiger partial charge >= 0.3 is 18.0 Å². The van der Waals surface area contributed by atoms with E-state index in [1.807, 2.05) is 18.2 Å². The van der Waals surface area contributed by atoms with Crippen molar-refractivity contribution in [1.29, 1.82) is 5.26 Å². The van der Waals surface area contributed by atoms with Gasteiger partial charge < -0.3 is 14.2 Å². The number of methoxy groups -OCH3 is 2. The molecule has 166 valence electrons. The summed E-state index contributed by atoms with van der Waals surface area (Å²) in [7, 11) is 2.65. The molecule has 1 atom stereocenters. The zero-order valence-electron chi connectivity index (χ0n) is 17.7. The lowest BCUT2D eigenvalue weighted by Crippen LogP contribution is -2.25. The van der Waals surface area contributed by atoms with Crippen LogP contribution in [0, 0.1) is 11.3 Å². The van der Waals surface area contributed by atoms with Gasteiger partial charge in [0.15, 0.2) is 0 Å². The Morgan fingerprint density at radius 2 is 1.69 bits per heavy atom. The van der Waals surface area contributed by atoms with E-state index in [2.05, 4.69) is 0 Å². The molecule has 1 unspecified atom stereocenters. The number of anilines is 1. The average molecular weight is 455 g/mol. The van der Waals surface area contributed by atoms with Crippen LogP contribution in [0.2, 0.25) is 0 Å². The first kappa shape index (κ1) is 23.2. The number of hydrogen-bond donors (Lipinski definition) is 0. The van der Waals surface area contributed by atoms with Gasteiger partial charge in [-0.05, 0) is 35.4 Å². The van der Waals surface area contributed by atoms with E-state index in [0.29, 0.717) is 23.5 Å². The fourth-order valence-electron chi connectivity index (χ4n) is 3.27. The Labute approximate surface area is 190 Å². The van der Waals surface area contributed by atoms with E-state index in [1.165, 1.54) is 30.9 Å². The normalized spacial score (nSPS) is 15.1. The Bertz CT molecular complexity index is 1010. The summed E-state index contributed by atoms with van der Waals surface area (Å²) >= 11 is 1.42. The molecular formula is C23H22N2O6S. The van der Waals surface area contributed by atoms with Crippen molar-refractivity contribution in [2.45, 2.75) is 23.8 Å². The quantitative estimate of drug-likeness (QED) is 0.340. The first-order chi connectivity index (χ1) is 15.4. The minimum Gasteiger partial charge on any atom is -0.469 e. The number of nitriles is 1. The number of nitrogens with zero attached hydrogens (tertiary/aromatic N) is 2. The maximum atomic E-state index is 12.4. The number of benzene rings is 2. The number of hydrogen-bond acceptors (Lipinski definition) is 8. The van der Waals surface area contributed by atoms with Crippen LogP contribution < -0.4 is 4.90 Å². The third-order valence-electron chi connectivity index (χ3n) is 4.90. The van der Waals surface area contributed by atoms with Crippen molar-refractivity contribution in [2.24, 2.45) is 0 Å². The minimum atomic E-state index is -0.460. The van der Waals surface area contributed by atoms with E-state index in [1.54, 1.807) is 30.3 Å². The van der Waals surface area contributed by atoms with E-state index in [0.717, 1.165) is 16.0 Å². The van der Waals surface area contributed by atoms with Gasteiger partial charge in [0, 0.05) is 16.3 Å². The van der Waals surface area contributed by atoms with Crippen molar-refractivity contribution in [1.82, 2.24) is 0 Å². The number of thioether (sulfide) groups is 1. The van der Waals surface area contributed by atoms with Gasteiger partial charge in [-0.2, -0.15) is 5.26 Å².